The van der Waals surface area contributed by atoms with Crippen molar-refractivity contribution in [2.24, 2.45) is 4.99 Å². The second kappa shape index (κ2) is 2.74. The lowest BCUT2D eigenvalue weighted by atomic mass is 10.0. The Balaban J connectivity index is 3.49. The Morgan fingerprint density at radius 2 is 1.33 bits per heavy atom. The van der Waals surface area contributed by atoms with Crippen molar-refractivity contribution in [2.45, 2.75) is 23.0 Å². The van der Waals surface area contributed by atoms with Gasteiger partial charge in [0.1, 0.15) is 0 Å². The molecule has 1 atom stereocenters. The predicted molar refractivity (Wildman–Crippen MR) is 33.1 cm³/mol. The normalized spacial score (nSPS) is 37.3. The highest BCUT2D eigenvalue weighted by Gasteiger charge is 2.84. The zero-order valence-electron chi connectivity index (χ0n) is 6.35. The van der Waals surface area contributed by atoms with Crippen molar-refractivity contribution in [1.29, 1.82) is 0 Å². The Kier molecular flexibility index (Phi) is 2.28. The fourth-order valence-corrected chi connectivity index (χ4v) is 0.971. The van der Waals surface area contributed by atoms with Crippen LogP contribution in [0.5, 0.6) is 0 Å². The fraction of sp³-hybridized carbons (Fsp3) is 0.800. The van der Waals surface area contributed by atoms with Gasteiger partial charge < -0.3 is 0 Å². The fourth-order valence-electron chi connectivity index (χ4n) is 0.779. The number of aliphatic imine (C=N–C) groups is 1. The molecule has 0 aromatic heterocycles. The van der Waals surface area contributed by atoms with Crippen LogP contribution in [0, 0.1) is 0 Å². The summed E-state index contributed by atoms with van der Waals surface area (Å²) in [5.74, 6) is -14.9. The van der Waals surface area contributed by atoms with E-state index in [9.17, 15) is 35.1 Å². The quantitative estimate of drug-likeness (QED) is 0.361. The molecule has 1 heterocycles. The largest absolute Gasteiger partial charge is 0.412 e. The molecule has 0 radical (unpaired) electrons. The van der Waals surface area contributed by atoms with Crippen LogP contribution in [0.2, 0.25) is 0 Å². The van der Waals surface area contributed by atoms with E-state index in [2.05, 4.69) is 11.6 Å². The summed E-state index contributed by atoms with van der Waals surface area (Å²) in [5, 5.41) is -5.57. The van der Waals surface area contributed by atoms with E-state index in [1.54, 1.807) is 0 Å². The number of hydrogen-bond donors (Lipinski definition) is 0. The molecule has 0 spiro atoms. The molecule has 0 saturated carbocycles. The van der Waals surface area contributed by atoms with E-state index in [0.29, 0.717) is 0 Å². The third kappa shape index (κ3) is 1.25. The molecule has 0 aromatic carbocycles. The summed E-state index contributed by atoms with van der Waals surface area (Å²) in [6, 6.07) is -5.67. The zero-order chi connectivity index (χ0) is 12.3. The van der Waals surface area contributed by atoms with E-state index in [1.165, 1.54) is 0 Å². The van der Waals surface area contributed by atoms with Gasteiger partial charge in [-0.3, -0.25) is 0 Å². The number of alkyl halides is 8. The van der Waals surface area contributed by atoms with Crippen LogP contribution in [0.1, 0.15) is 0 Å². The van der Waals surface area contributed by atoms with Gasteiger partial charge >= 0.3 is 23.0 Å². The second-order valence-corrected chi connectivity index (χ2v) is 3.19. The second-order valence-electron chi connectivity index (χ2n) is 2.67. The molecule has 1 aliphatic rings. The summed E-state index contributed by atoms with van der Waals surface area (Å²) in [7, 11) is 0. The minimum atomic E-state index is -6.03. The molecule has 1 nitrogen and oxygen atoms in total. The molecule has 0 N–H and O–H groups in total. The molecule has 0 fully saturated rings. The van der Waals surface area contributed by atoms with Crippen LogP contribution < -0.4 is 0 Å². The van der Waals surface area contributed by atoms with Crippen LogP contribution in [0.25, 0.3) is 0 Å². The molecule has 0 amide bonds. The predicted octanol–water partition coefficient (Wildman–Crippen LogP) is 3.14. The highest BCUT2D eigenvalue weighted by Crippen LogP contribution is 2.58. The SMILES string of the molecule is FC1=NC(F)(F)C(F)(F)C(F)(Cl)C1(F)F. The first-order chi connectivity index (χ1) is 6.38. The topological polar surface area (TPSA) is 12.4 Å². The maximum atomic E-state index is 12.6. The van der Waals surface area contributed by atoms with E-state index >= 15 is 0 Å². The lowest BCUT2D eigenvalue weighted by Crippen LogP contribution is -2.66. The molecule has 1 aliphatic heterocycles. The summed E-state index contributed by atoms with van der Waals surface area (Å²) in [6.45, 7) is 0. The number of rotatable bonds is 0. The van der Waals surface area contributed by atoms with Crippen molar-refractivity contribution in [3.63, 3.8) is 0 Å². The minimum Gasteiger partial charge on any atom is -0.212 e. The van der Waals surface area contributed by atoms with Crippen LogP contribution in [0.4, 0.5) is 35.1 Å². The Morgan fingerprint density at radius 1 is 0.933 bits per heavy atom. The van der Waals surface area contributed by atoms with Gasteiger partial charge in [0.05, 0.1) is 0 Å². The molecule has 0 saturated heterocycles. The van der Waals surface area contributed by atoms with E-state index in [4.69, 9.17) is 0 Å². The zero-order valence-corrected chi connectivity index (χ0v) is 7.10. The van der Waals surface area contributed by atoms with Gasteiger partial charge in [0.15, 0.2) is 0 Å². The smallest absolute Gasteiger partial charge is 0.212 e. The molecule has 0 aromatic rings. The number of halogens is 9. The van der Waals surface area contributed by atoms with Crippen molar-refractivity contribution in [3.8, 4) is 0 Å². The van der Waals surface area contributed by atoms with Crippen molar-refractivity contribution in [1.82, 2.24) is 0 Å². The first-order valence-electron chi connectivity index (χ1n) is 3.15. The third-order valence-electron chi connectivity index (χ3n) is 1.66. The van der Waals surface area contributed by atoms with Crippen LogP contribution in [-0.4, -0.2) is 29.0 Å². The van der Waals surface area contributed by atoms with Crippen molar-refractivity contribution in [2.75, 3.05) is 0 Å². The van der Waals surface area contributed by atoms with Gasteiger partial charge in [-0.1, -0.05) is 11.6 Å². The van der Waals surface area contributed by atoms with E-state index in [-0.39, 0.29) is 0 Å². The average Bonchev–Trinajstić information content (AvgIpc) is 2.00. The number of nitrogens with zero attached hydrogens (tertiary/aromatic N) is 1. The molecule has 0 bridgehead atoms. The molecule has 1 rings (SSSR count). The summed E-state index contributed by atoms with van der Waals surface area (Å²) in [6.07, 6.45) is 0. The minimum absolute atomic E-state index is 1.11. The van der Waals surface area contributed by atoms with Gasteiger partial charge in [0.25, 0.3) is 5.97 Å². The van der Waals surface area contributed by atoms with Crippen LogP contribution in [0.15, 0.2) is 4.99 Å². The summed E-state index contributed by atoms with van der Waals surface area (Å²) < 4.78 is 98.9. The van der Waals surface area contributed by atoms with Crippen molar-refractivity contribution >= 4 is 17.6 Å². The first-order valence-corrected chi connectivity index (χ1v) is 3.53. The van der Waals surface area contributed by atoms with Crippen molar-refractivity contribution < 1.29 is 35.1 Å². The van der Waals surface area contributed by atoms with Crippen LogP contribution in [0.3, 0.4) is 0 Å². The first kappa shape index (κ1) is 12.5. The lowest BCUT2D eigenvalue weighted by molar-refractivity contribution is -0.289. The molecule has 88 valence electrons. The monoisotopic (exact) mass is 261 g/mol. The van der Waals surface area contributed by atoms with Gasteiger partial charge in [-0.05, 0) is 0 Å². The standard InChI is InChI=1S/C5ClF8N/c6-3(10)2(8,9)1(7)15-5(13,14)4(3,11)12. The van der Waals surface area contributed by atoms with Crippen molar-refractivity contribution in [3.05, 3.63) is 0 Å². The summed E-state index contributed by atoms with van der Waals surface area (Å²) in [5.41, 5.74) is 0. The van der Waals surface area contributed by atoms with E-state index < -0.39 is 29.0 Å². The highest BCUT2D eigenvalue weighted by atomic mass is 35.5. The Morgan fingerprint density at radius 3 is 1.73 bits per heavy atom. The summed E-state index contributed by atoms with van der Waals surface area (Å²) >= 11 is 3.97. The Labute approximate surface area is 81.7 Å². The van der Waals surface area contributed by atoms with Gasteiger partial charge in [0, 0.05) is 0 Å². The molecular formula is C5ClF8N. The van der Waals surface area contributed by atoms with Gasteiger partial charge in [-0.25, -0.2) is 4.39 Å². The van der Waals surface area contributed by atoms with Gasteiger partial charge in [-0.2, -0.15) is 35.7 Å². The summed E-state index contributed by atoms with van der Waals surface area (Å²) in [4.78, 5) is 1.11. The molecular weight excluding hydrogens is 261 g/mol. The Hall–Kier alpha value is -0.600. The molecule has 10 heteroatoms. The average molecular weight is 261 g/mol. The number of hydrogen-bond acceptors (Lipinski definition) is 1. The highest BCUT2D eigenvalue weighted by molar-refractivity contribution is 6.26. The van der Waals surface area contributed by atoms with Crippen LogP contribution >= 0.6 is 11.6 Å². The molecule has 15 heavy (non-hydrogen) atoms. The lowest BCUT2D eigenvalue weighted by Gasteiger charge is -2.38. The maximum Gasteiger partial charge on any atom is 0.412 e. The third-order valence-corrected chi connectivity index (χ3v) is 2.14. The maximum absolute atomic E-state index is 12.6. The van der Waals surface area contributed by atoms with Gasteiger partial charge in [-0.15, -0.1) is 0 Å². The van der Waals surface area contributed by atoms with Gasteiger partial charge in [0.2, 0.25) is 0 Å². The van der Waals surface area contributed by atoms with Crippen LogP contribution in [-0.2, 0) is 0 Å². The van der Waals surface area contributed by atoms with E-state index in [1.807, 2.05) is 0 Å². The van der Waals surface area contributed by atoms with E-state index in [0.717, 1.165) is 4.99 Å². The molecule has 1 unspecified atom stereocenters. The molecule has 0 aliphatic carbocycles. The Bertz CT molecular complexity index is 321.